The average Bonchev–Trinajstić information content (AvgIpc) is 2.75. The predicted octanol–water partition coefficient (Wildman–Crippen LogP) is 2.62. The molecule has 162 valence electrons. The lowest BCUT2D eigenvalue weighted by atomic mass is 9.84. The lowest BCUT2D eigenvalue weighted by molar-refractivity contribution is 0.312. The van der Waals surface area contributed by atoms with Crippen molar-refractivity contribution < 1.29 is 4.39 Å². The summed E-state index contributed by atoms with van der Waals surface area (Å²) in [6, 6.07) is 11.0. The molecule has 0 radical (unpaired) electrons. The van der Waals surface area contributed by atoms with Gasteiger partial charge in [-0.05, 0) is 36.4 Å². The van der Waals surface area contributed by atoms with Crippen LogP contribution in [-0.4, -0.2) is 62.7 Å². The Morgan fingerprint density at radius 3 is 2.53 bits per heavy atom. The molecule has 0 atom stereocenters. The second kappa shape index (κ2) is 9.89. The van der Waals surface area contributed by atoms with Crippen molar-refractivity contribution in [3.8, 4) is 0 Å². The Labute approximate surface area is 179 Å². The highest BCUT2D eigenvalue weighted by Crippen LogP contribution is 2.22. The van der Waals surface area contributed by atoms with Gasteiger partial charge in [0.1, 0.15) is 11.6 Å². The molecular formula is C23H33FN6. The summed E-state index contributed by atoms with van der Waals surface area (Å²) in [7, 11) is 3.90. The molecule has 1 aromatic carbocycles. The summed E-state index contributed by atoms with van der Waals surface area (Å²) in [4.78, 5) is 13.6. The smallest absolute Gasteiger partial charge is 0.191 e. The first-order chi connectivity index (χ1) is 14.4. The number of nitrogens with one attached hydrogen (secondary N) is 2. The van der Waals surface area contributed by atoms with Crippen molar-refractivity contribution in [3.05, 3.63) is 59.5 Å². The number of aliphatic imine (C=N–C) groups is 1. The number of nitrogens with zero attached hydrogens (tertiary/aromatic N) is 4. The van der Waals surface area contributed by atoms with Gasteiger partial charge in [0.2, 0.25) is 0 Å². The minimum absolute atomic E-state index is 0.212. The summed E-state index contributed by atoms with van der Waals surface area (Å²) < 4.78 is 13.6. The number of piperazine rings is 1. The number of aromatic nitrogens is 1. The highest BCUT2D eigenvalue weighted by molar-refractivity contribution is 5.79. The van der Waals surface area contributed by atoms with Gasteiger partial charge in [0.15, 0.2) is 5.96 Å². The second-order valence-electron chi connectivity index (χ2n) is 8.49. The summed E-state index contributed by atoms with van der Waals surface area (Å²) in [6.07, 6.45) is 1.92. The zero-order chi connectivity index (χ0) is 21.6. The number of likely N-dealkylation sites (N-methyl/N-ethyl adjacent to an activating group) is 1. The minimum Gasteiger partial charge on any atom is -0.356 e. The van der Waals surface area contributed by atoms with Gasteiger partial charge >= 0.3 is 0 Å². The lowest BCUT2D eigenvalue weighted by Gasteiger charge is -2.33. The molecule has 1 aliphatic rings. The Morgan fingerprint density at radius 1 is 1.13 bits per heavy atom. The molecule has 1 fully saturated rings. The second-order valence-corrected chi connectivity index (χ2v) is 8.49. The summed E-state index contributed by atoms with van der Waals surface area (Å²) in [6.45, 7) is 9.61. The van der Waals surface area contributed by atoms with Crippen LogP contribution in [0.2, 0.25) is 0 Å². The minimum atomic E-state index is -0.231. The van der Waals surface area contributed by atoms with Gasteiger partial charge in [-0.2, -0.15) is 0 Å². The summed E-state index contributed by atoms with van der Waals surface area (Å²) in [5.74, 6) is 1.53. The van der Waals surface area contributed by atoms with Crippen molar-refractivity contribution in [1.82, 2.24) is 20.5 Å². The van der Waals surface area contributed by atoms with Crippen LogP contribution < -0.4 is 15.5 Å². The molecule has 0 bridgehead atoms. The van der Waals surface area contributed by atoms with Gasteiger partial charge < -0.3 is 20.4 Å². The highest BCUT2D eigenvalue weighted by atomic mass is 19.1. The molecule has 0 saturated carbocycles. The molecule has 3 rings (SSSR count). The van der Waals surface area contributed by atoms with Gasteiger partial charge in [-0.3, -0.25) is 4.99 Å². The van der Waals surface area contributed by atoms with Crippen LogP contribution in [0.1, 0.15) is 25.0 Å². The number of rotatable bonds is 6. The number of hydrogen-bond acceptors (Lipinski definition) is 4. The third kappa shape index (κ3) is 5.92. The van der Waals surface area contributed by atoms with E-state index in [1.54, 1.807) is 19.2 Å². The Hall–Kier alpha value is -2.67. The van der Waals surface area contributed by atoms with Crippen LogP contribution in [0.4, 0.5) is 10.2 Å². The first-order valence-corrected chi connectivity index (χ1v) is 10.5. The molecular weight excluding hydrogens is 379 g/mol. The zero-order valence-electron chi connectivity index (χ0n) is 18.5. The number of anilines is 1. The third-order valence-electron chi connectivity index (χ3n) is 5.62. The Morgan fingerprint density at radius 2 is 1.90 bits per heavy atom. The molecule has 1 aromatic heterocycles. The number of pyridine rings is 1. The average molecular weight is 413 g/mol. The monoisotopic (exact) mass is 412 g/mol. The van der Waals surface area contributed by atoms with Gasteiger partial charge in [-0.25, -0.2) is 9.37 Å². The van der Waals surface area contributed by atoms with Gasteiger partial charge in [0.25, 0.3) is 0 Å². The van der Waals surface area contributed by atoms with E-state index >= 15 is 0 Å². The van der Waals surface area contributed by atoms with Crippen LogP contribution in [0.25, 0.3) is 0 Å². The summed E-state index contributed by atoms with van der Waals surface area (Å²) in [5.41, 5.74) is 1.82. The largest absolute Gasteiger partial charge is 0.356 e. The highest BCUT2D eigenvalue weighted by Gasteiger charge is 2.21. The van der Waals surface area contributed by atoms with Crippen molar-refractivity contribution in [1.29, 1.82) is 0 Å². The first kappa shape index (κ1) is 22.0. The molecule has 0 aliphatic carbocycles. The van der Waals surface area contributed by atoms with Crippen LogP contribution in [0, 0.1) is 5.82 Å². The van der Waals surface area contributed by atoms with E-state index < -0.39 is 0 Å². The lowest BCUT2D eigenvalue weighted by Crippen LogP contribution is -2.44. The van der Waals surface area contributed by atoms with Crippen molar-refractivity contribution >= 4 is 11.8 Å². The molecule has 0 amide bonds. The van der Waals surface area contributed by atoms with Crippen molar-refractivity contribution in [3.63, 3.8) is 0 Å². The number of guanidine groups is 1. The predicted molar refractivity (Wildman–Crippen MR) is 122 cm³/mol. The molecule has 1 aliphatic heterocycles. The van der Waals surface area contributed by atoms with E-state index in [1.165, 1.54) is 6.07 Å². The molecule has 7 heteroatoms. The summed E-state index contributed by atoms with van der Waals surface area (Å²) >= 11 is 0. The van der Waals surface area contributed by atoms with Gasteiger partial charge in [0.05, 0.1) is 0 Å². The third-order valence-corrected chi connectivity index (χ3v) is 5.62. The number of hydrogen-bond donors (Lipinski definition) is 2. The Balaban J connectivity index is 1.50. The Bertz CT molecular complexity index is 841. The van der Waals surface area contributed by atoms with E-state index in [4.69, 9.17) is 0 Å². The van der Waals surface area contributed by atoms with Gasteiger partial charge in [-0.1, -0.05) is 32.0 Å². The molecule has 2 N–H and O–H groups in total. The Kier molecular flexibility index (Phi) is 7.26. The van der Waals surface area contributed by atoms with Crippen LogP contribution in [0.5, 0.6) is 0 Å². The van der Waals surface area contributed by atoms with Crippen molar-refractivity contribution in [2.45, 2.75) is 25.8 Å². The van der Waals surface area contributed by atoms with Crippen molar-refractivity contribution in [2.24, 2.45) is 4.99 Å². The maximum atomic E-state index is 13.6. The molecule has 6 nitrogen and oxygen atoms in total. The maximum Gasteiger partial charge on any atom is 0.191 e. The van der Waals surface area contributed by atoms with E-state index in [-0.39, 0.29) is 11.2 Å². The first-order valence-electron chi connectivity index (χ1n) is 10.5. The fourth-order valence-electron chi connectivity index (χ4n) is 3.47. The standard InChI is InChI=1S/C23H33FN6/c1-23(2,19-6-5-7-20(24)14-19)17-28-22(25-3)27-16-18-8-9-21(26-15-18)30-12-10-29(4)11-13-30/h5-9,14-15H,10-13,16-17H2,1-4H3,(H2,25,27,28). The normalized spacial score (nSPS) is 15.9. The number of benzene rings is 1. The topological polar surface area (TPSA) is 55.8 Å². The molecule has 2 aromatic rings. The van der Waals surface area contributed by atoms with E-state index in [0.717, 1.165) is 43.1 Å². The van der Waals surface area contributed by atoms with E-state index in [1.807, 2.05) is 12.3 Å². The maximum absolute atomic E-state index is 13.6. The molecule has 0 unspecified atom stereocenters. The molecule has 2 heterocycles. The van der Waals surface area contributed by atoms with E-state index in [2.05, 4.69) is 63.4 Å². The SMILES string of the molecule is CN=C(NCc1ccc(N2CCN(C)CC2)nc1)NCC(C)(C)c1cccc(F)c1. The van der Waals surface area contributed by atoms with Crippen LogP contribution in [0.15, 0.2) is 47.6 Å². The molecule has 1 saturated heterocycles. The zero-order valence-corrected chi connectivity index (χ0v) is 18.5. The van der Waals surface area contributed by atoms with Crippen molar-refractivity contribution in [2.75, 3.05) is 51.7 Å². The number of halogens is 1. The fourth-order valence-corrected chi connectivity index (χ4v) is 3.47. The quantitative estimate of drug-likeness (QED) is 0.564. The van der Waals surface area contributed by atoms with Gasteiger partial charge in [0, 0.05) is 57.9 Å². The molecule has 30 heavy (non-hydrogen) atoms. The van der Waals surface area contributed by atoms with Crippen LogP contribution >= 0.6 is 0 Å². The molecule has 0 spiro atoms. The van der Waals surface area contributed by atoms with E-state index in [9.17, 15) is 4.39 Å². The summed E-state index contributed by atoms with van der Waals surface area (Å²) in [5, 5.41) is 6.68. The van der Waals surface area contributed by atoms with Crippen LogP contribution in [-0.2, 0) is 12.0 Å². The van der Waals surface area contributed by atoms with E-state index in [0.29, 0.717) is 19.0 Å². The van der Waals surface area contributed by atoms with Crippen LogP contribution in [0.3, 0.4) is 0 Å². The van der Waals surface area contributed by atoms with Gasteiger partial charge in [-0.15, -0.1) is 0 Å². The fraction of sp³-hybridized carbons (Fsp3) is 0.478.